The number of carbonyl (C=O) groups excluding carboxylic acids is 2. The van der Waals surface area contributed by atoms with E-state index >= 15 is 0 Å². The summed E-state index contributed by atoms with van der Waals surface area (Å²) >= 11 is 0. The van der Waals surface area contributed by atoms with Crippen LogP contribution in [-0.2, 0) is 4.79 Å². The van der Waals surface area contributed by atoms with Gasteiger partial charge in [-0.05, 0) is 61.9 Å². The lowest BCUT2D eigenvalue weighted by Crippen LogP contribution is -2.42. The number of hydrogen-bond donors (Lipinski definition) is 1. The van der Waals surface area contributed by atoms with Crippen molar-refractivity contribution < 1.29 is 19.1 Å². The quantitative estimate of drug-likeness (QED) is 0.519. The Hall–Kier alpha value is -3.80. The number of imide groups is 1. The maximum atomic E-state index is 13.6. The molecule has 4 rings (SSSR count). The minimum Gasteiger partial charge on any atom is -0.497 e. The highest BCUT2D eigenvalue weighted by atomic mass is 16.5. The largest absolute Gasteiger partial charge is 0.497 e. The molecular formula is C24H22N2O4. The number of nitrogens with zero attached hydrogens (tertiary/aromatic N) is 1. The molecule has 0 radical (unpaired) electrons. The van der Waals surface area contributed by atoms with Gasteiger partial charge in [0.1, 0.15) is 11.5 Å². The number of anilines is 1. The van der Waals surface area contributed by atoms with E-state index in [1.807, 2.05) is 26.0 Å². The van der Waals surface area contributed by atoms with Crippen molar-refractivity contribution in [3.05, 3.63) is 76.6 Å². The first-order valence-electron chi connectivity index (χ1n) is 9.52. The molecule has 6 nitrogen and oxygen atoms in total. The molecule has 152 valence electrons. The Kier molecular flexibility index (Phi) is 4.91. The highest BCUT2D eigenvalue weighted by Gasteiger charge is 2.37. The predicted octanol–water partition coefficient (Wildman–Crippen LogP) is 4.38. The van der Waals surface area contributed by atoms with Gasteiger partial charge < -0.3 is 14.5 Å². The zero-order valence-electron chi connectivity index (χ0n) is 17.3. The van der Waals surface area contributed by atoms with Crippen molar-refractivity contribution in [3.63, 3.8) is 0 Å². The van der Waals surface area contributed by atoms with Crippen molar-refractivity contribution in [1.82, 2.24) is 4.98 Å². The number of aryl methyl sites for hydroxylation is 2. The molecule has 0 saturated carbocycles. The lowest BCUT2D eigenvalue weighted by atomic mass is 9.91. The standard InChI is InChI=1S/C24H22N2O4/c1-14-11-16(15(2)25-14)12-19-18-10-9-17(29-3)13-20(18)24(28)26(23(19)27)21-7-5-6-8-22(21)30-4/h5-13,25H,1-4H3/b19-12-. The van der Waals surface area contributed by atoms with Gasteiger partial charge in [0.2, 0.25) is 0 Å². The summed E-state index contributed by atoms with van der Waals surface area (Å²) in [7, 11) is 3.05. The third kappa shape index (κ3) is 3.16. The summed E-state index contributed by atoms with van der Waals surface area (Å²) in [5.41, 5.74) is 4.65. The number of H-pyrrole nitrogens is 1. The Balaban J connectivity index is 1.96. The molecule has 3 aromatic rings. The highest BCUT2D eigenvalue weighted by Crippen LogP contribution is 2.38. The fraction of sp³-hybridized carbons (Fsp3) is 0.167. The Bertz CT molecular complexity index is 1190. The number of aromatic nitrogens is 1. The summed E-state index contributed by atoms with van der Waals surface area (Å²) in [5.74, 6) is 0.168. The topological polar surface area (TPSA) is 71.6 Å². The zero-order valence-corrected chi connectivity index (χ0v) is 17.3. The van der Waals surface area contributed by atoms with Crippen LogP contribution in [0.15, 0.2) is 48.5 Å². The van der Waals surface area contributed by atoms with E-state index in [0.717, 1.165) is 17.0 Å². The molecule has 0 atom stereocenters. The van der Waals surface area contributed by atoms with Crippen LogP contribution >= 0.6 is 0 Å². The molecule has 0 saturated heterocycles. The average molecular weight is 402 g/mol. The van der Waals surface area contributed by atoms with E-state index in [1.54, 1.807) is 49.6 Å². The normalized spacial score (nSPS) is 14.8. The molecule has 0 aliphatic carbocycles. The Morgan fingerprint density at radius 2 is 1.67 bits per heavy atom. The van der Waals surface area contributed by atoms with E-state index in [0.29, 0.717) is 33.9 Å². The van der Waals surface area contributed by atoms with Crippen molar-refractivity contribution in [1.29, 1.82) is 0 Å². The number of benzene rings is 2. The van der Waals surface area contributed by atoms with Gasteiger partial charge in [0.05, 0.1) is 25.5 Å². The molecule has 2 heterocycles. The molecule has 1 N–H and O–H groups in total. The molecule has 1 aliphatic heterocycles. The number of amides is 2. The number of nitrogens with one attached hydrogen (secondary N) is 1. The van der Waals surface area contributed by atoms with Crippen LogP contribution in [0.5, 0.6) is 11.5 Å². The van der Waals surface area contributed by atoms with E-state index < -0.39 is 11.8 Å². The van der Waals surface area contributed by atoms with Crippen LogP contribution in [0.4, 0.5) is 5.69 Å². The second-order valence-corrected chi connectivity index (χ2v) is 7.12. The molecule has 1 aliphatic rings. The first-order chi connectivity index (χ1) is 14.4. The highest BCUT2D eigenvalue weighted by molar-refractivity contribution is 6.43. The van der Waals surface area contributed by atoms with E-state index in [2.05, 4.69) is 4.98 Å². The summed E-state index contributed by atoms with van der Waals surface area (Å²) in [6.45, 7) is 3.91. The summed E-state index contributed by atoms with van der Waals surface area (Å²) in [5, 5.41) is 0. The third-order valence-corrected chi connectivity index (χ3v) is 5.20. The number of ether oxygens (including phenoxy) is 2. The summed E-state index contributed by atoms with van der Waals surface area (Å²) in [6, 6.07) is 14.1. The summed E-state index contributed by atoms with van der Waals surface area (Å²) < 4.78 is 10.7. The Labute approximate surface area is 174 Å². The number of rotatable bonds is 4. The number of carbonyl (C=O) groups is 2. The van der Waals surface area contributed by atoms with Crippen LogP contribution < -0.4 is 14.4 Å². The molecule has 6 heteroatoms. The van der Waals surface area contributed by atoms with Gasteiger partial charge in [-0.25, -0.2) is 4.90 Å². The van der Waals surface area contributed by atoms with E-state index in [4.69, 9.17) is 9.47 Å². The average Bonchev–Trinajstić information content (AvgIpc) is 3.07. The molecule has 0 fully saturated rings. The first-order valence-corrected chi connectivity index (χ1v) is 9.52. The van der Waals surface area contributed by atoms with Crippen LogP contribution in [0, 0.1) is 13.8 Å². The van der Waals surface area contributed by atoms with Crippen molar-refractivity contribution in [2.75, 3.05) is 19.1 Å². The van der Waals surface area contributed by atoms with Gasteiger partial charge in [-0.3, -0.25) is 9.59 Å². The number of methoxy groups -OCH3 is 2. The van der Waals surface area contributed by atoms with Gasteiger partial charge in [0.25, 0.3) is 11.8 Å². The minimum atomic E-state index is -0.419. The smallest absolute Gasteiger partial charge is 0.266 e. The SMILES string of the molecule is COc1ccc2c(c1)C(=O)N(c1ccccc1OC)C(=O)/C2=C\c1cc(C)[nH]c1C. The van der Waals surface area contributed by atoms with Crippen molar-refractivity contribution in [2.24, 2.45) is 0 Å². The second-order valence-electron chi connectivity index (χ2n) is 7.12. The van der Waals surface area contributed by atoms with Crippen LogP contribution in [0.2, 0.25) is 0 Å². The Morgan fingerprint density at radius 1 is 0.900 bits per heavy atom. The zero-order chi connectivity index (χ0) is 21.4. The first kappa shape index (κ1) is 19.5. The van der Waals surface area contributed by atoms with Crippen LogP contribution in [0.3, 0.4) is 0 Å². The lowest BCUT2D eigenvalue weighted by Gasteiger charge is -2.29. The van der Waals surface area contributed by atoms with E-state index in [-0.39, 0.29) is 0 Å². The second kappa shape index (κ2) is 7.55. The lowest BCUT2D eigenvalue weighted by molar-refractivity contribution is -0.112. The van der Waals surface area contributed by atoms with Gasteiger partial charge >= 0.3 is 0 Å². The molecule has 0 unspecified atom stereocenters. The maximum Gasteiger partial charge on any atom is 0.266 e. The van der Waals surface area contributed by atoms with E-state index in [9.17, 15) is 9.59 Å². The predicted molar refractivity (Wildman–Crippen MR) is 116 cm³/mol. The van der Waals surface area contributed by atoms with Gasteiger partial charge in [0.15, 0.2) is 0 Å². The molecule has 0 spiro atoms. The number of aromatic amines is 1. The van der Waals surface area contributed by atoms with E-state index in [1.165, 1.54) is 12.0 Å². The molecule has 2 amide bonds. The fourth-order valence-electron chi connectivity index (χ4n) is 3.73. The van der Waals surface area contributed by atoms with Crippen molar-refractivity contribution in [3.8, 4) is 11.5 Å². The van der Waals surface area contributed by atoms with Crippen molar-refractivity contribution in [2.45, 2.75) is 13.8 Å². The third-order valence-electron chi connectivity index (χ3n) is 5.20. The van der Waals surface area contributed by atoms with Gasteiger partial charge in [-0.15, -0.1) is 0 Å². The monoisotopic (exact) mass is 402 g/mol. The molecule has 1 aromatic heterocycles. The van der Waals surface area contributed by atoms with Crippen molar-refractivity contribution >= 4 is 29.2 Å². The Morgan fingerprint density at radius 3 is 2.33 bits per heavy atom. The van der Waals surface area contributed by atoms with Gasteiger partial charge in [0, 0.05) is 22.5 Å². The molecular weight excluding hydrogens is 380 g/mol. The number of fused-ring (bicyclic) bond motifs is 1. The number of para-hydroxylation sites is 2. The summed E-state index contributed by atoms with van der Waals surface area (Å²) in [6.07, 6.45) is 1.82. The molecule has 0 bridgehead atoms. The van der Waals surface area contributed by atoms with Gasteiger partial charge in [-0.2, -0.15) is 0 Å². The van der Waals surface area contributed by atoms with Crippen LogP contribution in [-0.4, -0.2) is 31.0 Å². The molecule has 2 aromatic carbocycles. The van der Waals surface area contributed by atoms with Crippen LogP contribution in [0.1, 0.15) is 32.9 Å². The molecule has 30 heavy (non-hydrogen) atoms. The fourth-order valence-corrected chi connectivity index (χ4v) is 3.73. The minimum absolute atomic E-state index is 0.399. The number of hydrogen-bond acceptors (Lipinski definition) is 4. The summed E-state index contributed by atoms with van der Waals surface area (Å²) in [4.78, 5) is 31.4. The van der Waals surface area contributed by atoms with Gasteiger partial charge in [-0.1, -0.05) is 12.1 Å². The maximum absolute atomic E-state index is 13.6. The van der Waals surface area contributed by atoms with Crippen LogP contribution in [0.25, 0.3) is 11.6 Å².